The highest BCUT2D eigenvalue weighted by Crippen LogP contribution is 2.28. The van der Waals surface area contributed by atoms with Crippen molar-refractivity contribution < 1.29 is 13.2 Å². The van der Waals surface area contributed by atoms with Crippen molar-refractivity contribution >= 4 is 44.8 Å². The molecule has 1 saturated heterocycles. The van der Waals surface area contributed by atoms with E-state index in [0.29, 0.717) is 11.6 Å². The van der Waals surface area contributed by atoms with Gasteiger partial charge >= 0.3 is 0 Å². The van der Waals surface area contributed by atoms with E-state index in [4.69, 9.17) is 39.5 Å². The lowest BCUT2D eigenvalue weighted by Crippen LogP contribution is -2.51. The lowest BCUT2D eigenvalue weighted by Gasteiger charge is -2.36. The van der Waals surface area contributed by atoms with Crippen molar-refractivity contribution in [2.45, 2.75) is 24.0 Å². The monoisotopic (exact) mass is 357 g/mol. The zero-order valence-electron chi connectivity index (χ0n) is 10.7. The van der Waals surface area contributed by atoms with Gasteiger partial charge in [0.05, 0.1) is 27.7 Å². The van der Waals surface area contributed by atoms with Gasteiger partial charge in [-0.3, -0.25) is 0 Å². The molecule has 0 amide bonds. The molecule has 0 aromatic heterocycles. The van der Waals surface area contributed by atoms with Gasteiger partial charge in [0.25, 0.3) is 0 Å². The summed E-state index contributed by atoms with van der Waals surface area (Å²) >= 11 is 17.5. The van der Waals surface area contributed by atoms with Gasteiger partial charge in [-0.1, -0.05) is 23.2 Å². The number of benzene rings is 1. The van der Waals surface area contributed by atoms with E-state index in [-0.39, 0.29) is 34.5 Å². The van der Waals surface area contributed by atoms with E-state index in [0.717, 1.165) is 0 Å². The largest absolute Gasteiger partial charge is 0.374 e. The maximum absolute atomic E-state index is 12.6. The summed E-state index contributed by atoms with van der Waals surface area (Å²) in [6.07, 6.45) is -0.301. The number of halogens is 3. The Morgan fingerprint density at radius 2 is 2.05 bits per heavy atom. The first kappa shape index (κ1) is 16.3. The van der Waals surface area contributed by atoms with Gasteiger partial charge in [-0.25, -0.2) is 8.42 Å². The van der Waals surface area contributed by atoms with Crippen LogP contribution in [0.2, 0.25) is 10.0 Å². The lowest BCUT2D eigenvalue weighted by atomic mass is 10.2. The van der Waals surface area contributed by atoms with Gasteiger partial charge in [-0.2, -0.15) is 4.31 Å². The quantitative estimate of drug-likeness (QED) is 0.780. The molecule has 1 aliphatic heterocycles. The second-order valence-electron chi connectivity index (χ2n) is 4.61. The molecule has 4 nitrogen and oxygen atoms in total. The summed E-state index contributed by atoms with van der Waals surface area (Å²) in [7, 11) is -3.64. The molecule has 1 aromatic carbocycles. The molecule has 20 heavy (non-hydrogen) atoms. The van der Waals surface area contributed by atoms with Gasteiger partial charge < -0.3 is 4.74 Å². The molecule has 8 heteroatoms. The molecule has 1 aliphatic rings. The van der Waals surface area contributed by atoms with Crippen LogP contribution < -0.4 is 0 Å². The molecule has 2 atom stereocenters. The summed E-state index contributed by atoms with van der Waals surface area (Å²) in [6, 6.07) is 4.02. The Morgan fingerprint density at radius 1 is 1.35 bits per heavy atom. The molecule has 1 aromatic rings. The van der Waals surface area contributed by atoms with E-state index in [2.05, 4.69) is 0 Å². The Labute approximate surface area is 133 Å². The zero-order valence-corrected chi connectivity index (χ0v) is 13.8. The number of morpholine rings is 1. The van der Waals surface area contributed by atoms with Gasteiger partial charge in [0.1, 0.15) is 0 Å². The summed E-state index contributed by atoms with van der Waals surface area (Å²) in [5.74, 6) is 0.250. The molecule has 2 rings (SSSR count). The van der Waals surface area contributed by atoms with Gasteiger partial charge in [-0.15, -0.1) is 11.6 Å². The summed E-state index contributed by atoms with van der Waals surface area (Å²) in [5, 5.41) is 0.529. The highest BCUT2D eigenvalue weighted by molar-refractivity contribution is 7.89. The Balaban J connectivity index is 2.35. The highest BCUT2D eigenvalue weighted by atomic mass is 35.5. The van der Waals surface area contributed by atoms with E-state index in [1.165, 1.54) is 22.5 Å². The Bertz CT molecular complexity index is 594. The topological polar surface area (TPSA) is 46.6 Å². The van der Waals surface area contributed by atoms with Crippen molar-refractivity contribution in [2.24, 2.45) is 0 Å². The molecule has 112 valence electrons. The van der Waals surface area contributed by atoms with Crippen molar-refractivity contribution in [3.63, 3.8) is 0 Å². The van der Waals surface area contributed by atoms with Crippen LogP contribution in [-0.4, -0.2) is 43.9 Å². The van der Waals surface area contributed by atoms with Gasteiger partial charge in [0, 0.05) is 18.5 Å². The predicted molar refractivity (Wildman–Crippen MR) is 80.3 cm³/mol. The maximum Gasteiger partial charge on any atom is 0.243 e. The van der Waals surface area contributed by atoms with Crippen LogP contribution in [0.3, 0.4) is 0 Å². The van der Waals surface area contributed by atoms with E-state index in [9.17, 15) is 8.42 Å². The molecule has 1 heterocycles. The first-order valence-corrected chi connectivity index (χ1v) is 8.73. The summed E-state index contributed by atoms with van der Waals surface area (Å²) in [5.41, 5.74) is 0. The summed E-state index contributed by atoms with van der Waals surface area (Å²) in [4.78, 5) is 0.119. The fraction of sp³-hybridized carbons (Fsp3) is 0.500. The van der Waals surface area contributed by atoms with Crippen molar-refractivity contribution in [3.8, 4) is 0 Å². The van der Waals surface area contributed by atoms with E-state index in [1.54, 1.807) is 6.92 Å². The smallest absolute Gasteiger partial charge is 0.243 e. The van der Waals surface area contributed by atoms with Crippen molar-refractivity contribution in [2.75, 3.05) is 19.0 Å². The minimum absolute atomic E-state index is 0.119. The average molecular weight is 359 g/mol. The molecular weight excluding hydrogens is 345 g/mol. The predicted octanol–water partition coefficient (Wildman–Crippen LogP) is 3.01. The second-order valence-corrected chi connectivity index (χ2v) is 7.62. The normalized spacial score (nSPS) is 24.8. The number of alkyl halides is 1. The number of ether oxygens (including phenoxy) is 1. The minimum atomic E-state index is -3.64. The standard InChI is InChI=1S/C12H14Cl3NO3S/c1-8-7-19-9(5-13)6-16(8)20(17,18)10-2-3-11(14)12(15)4-10/h2-4,8-9H,5-7H2,1H3. The second kappa shape index (κ2) is 6.38. The van der Waals surface area contributed by atoms with Gasteiger partial charge in [0.2, 0.25) is 10.0 Å². The Kier molecular flexibility index (Phi) is 5.21. The van der Waals surface area contributed by atoms with Crippen LogP contribution in [0.25, 0.3) is 0 Å². The maximum atomic E-state index is 12.6. The van der Waals surface area contributed by atoms with Crippen molar-refractivity contribution in [1.82, 2.24) is 4.31 Å². The third-order valence-electron chi connectivity index (χ3n) is 3.12. The SMILES string of the molecule is CC1COC(CCl)CN1S(=O)(=O)c1ccc(Cl)c(Cl)c1. The summed E-state index contributed by atoms with van der Waals surface area (Å²) in [6.45, 7) is 2.34. The third-order valence-corrected chi connectivity index (χ3v) is 6.18. The molecule has 0 N–H and O–H groups in total. The number of hydrogen-bond donors (Lipinski definition) is 0. The molecule has 1 fully saturated rings. The number of sulfonamides is 1. The molecule has 2 unspecified atom stereocenters. The third kappa shape index (κ3) is 3.24. The van der Waals surface area contributed by atoms with Gasteiger partial charge in [0.15, 0.2) is 0 Å². The van der Waals surface area contributed by atoms with E-state index in [1.807, 2.05) is 0 Å². The molecule has 0 aliphatic carbocycles. The number of nitrogens with zero attached hydrogens (tertiary/aromatic N) is 1. The highest BCUT2D eigenvalue weighted by Gasteiger charge is 2.35. The van der Waals surface area contributed by atoms with Crippen molar-refractivity contribution in [1.29, 1.82) is 0 Å². The first-order valence-electron chi connectivity index (χ1n) is 6.00. The van der Waals surface area contributed by atoms with Crippen molar-refractivity contribution in [3.05, 3.63) is 28.2 Å². The molecule has 0 saturated carbocycles. The minimum Gasteiger partial charge on any atom is -0.374 e. The van der Waals surface area contributed by atoms with Crippen LogP contribution in [0.4, 0.5) is 0 Å². The lowest BCUT2D eigenvalue weighted by molar-refractivity contribution is -0.0152. The molecule has 0 radical (unpaired) electrons. The van der Waals surface area contributed by atoms with Crippen LogP contribution in [-0.2, 0) is 14.8 Å². The Hall–Kier alpha value is -0.0400. The van der Waals surface area contributed by atoms with Crippen LogP contribution in [0.1, 0.15) is 6.92 Å². The number of rotatable bonds is 3. The first-order chi connectivity index (χ1) is 9.36. The zero-order chi connectivity index (χ0) is 14.9. The van der Waals surface area contributed by atoms with Gasteiger partial charge in [-0.05, 0) is 25.1 Å². The van der Waals surface area contributed by atoms with Crippen LogP contribution >= 0.6 is 34.8 Å². The fourth-order valence-corrected chi connectivity index (χ4v) is 4.22. The van der Waals surface area contributed by atoms with Crippen LogP contribution in [0.15, 0.2) is 23.1 Å². The Morgan fingerprint density at radius 3 is 2.65 bits per heavy atom. The van der Waals surface area contributed by atoms with E-state index < -0.39 is 10.0 Å². The van der Waals surface area contributed by atoms with Crippen LogP contribution in [0, 0.1) is 0 Å². The summed E-state index contributed by atoms with van der Waals surface area (Å²) < 4.78 is 32.1. The van der Waals surface area contributed by atoms with Crippen LogP contribution in [0.5, 0.6) is 0 Å². The number of hydrogen-bond acceptors (Lipinski definition) is 3. The van der Waals surface area contributed by atoms with E-state index >= 15 is 0 Å². The molecular formula is C12H14Cl3NO3S. The average Bonchev–Trinajstić information content (AvgIpc) is 2.42. The molecule has 0 bridgehead atoms. The fourth-order valence-electron chi connectivity index (χ4n) is 1.99. The molecule has 0 spiro atoms.